The Bertz CT molecular complexity index is 547. The van der Waals surface area contributed by atoms with Gasteiger partial charge in [-0.2, -0.15) is 0 Å². The Kier molecular flexibility index (Phi) is 5.51. The molecule has 4 nitrogen and oxygen atoms in total. The van der Waals surface area contributed by atoms with Gasteiger partial charge in [0, 0.05) is 32.8 Å². The van der Waals surface area contributed by atoms with Gasteiger partial charge in [-0.25, -0.2) is 4.39 Å². The third kappa shape index (κ3) is 3.78. The molecule has 0 spiro atoms. The Hall–Kier alpha value is -1.46. The van der Waals surface area contributed by atoms with E-state index in [4.69, 9.17) is 10.5 Å². The first-order valence-corrected chi connectivity index (χ1v) is 8.95. The molecular formula is C19H27FN2O2. The van der Waals surface area contributed by atoms with Crippen molar-refractivity contribution in [1.82, 2.24) is 4.90 Å². The van der Waals surface area contributed by atoms with Crippen molar-refractivity contribution in [3.8, 4) is 0 Å². The number of carbonyl (C=O) groups excluding carboxylic acids is 1. The minimum absolute atomic E-state index is 0.192. The summed E-state index contributed by atoms with van der Waals surface area (Å²) in [4.78, 5) is 15.0. The molecule has 24 heavy (non-hydrogen) atoms. The van der Waals surface area contributed by atoms with E-state index >= 15 is 0 Å². The maximum Gasteiger partial charge on any atom is 0.230 e. The molecule has 0 bridgehead atoms. The summed E-state index contributed by atoms with van der Waals surface area (Å²) in [5.41, 5.74) is 6.71. The Morgan fingerprint density at radius 2 is 1.83 bits per heavy atom. The zero-order chi connectivity index (χ0) is 17.0. The van der Waals surface area contributed by atoms with Gasteiger partial charge >= 0.3 is 0 Å². The van der Waals surface area contributed by atoms with Crippen molar-refractivity contribution in [2.75, 3.05) is 32.8 Å². The highest BCUT2D eigenvalue weighted by molar-refractivity contribution is 5.83. The van der Waals surface area contributed by atoms with Gasteiger partial charge in [0.2, 0.25) is 5.91 Å². The van der Waals surface area contributed by atoms with Gasteiger partial charge in [0.25, 0.3) is 0 Å². The predicted molar refractivity (Wildman–Crippen MR) is 90.9 cm³/mol. The van der Waals surface area contributed by atoms with Gasteiger partial charge in [-0.15, -0.1) is 0 Å². The van der Waals surface area contributed by atoms with Crippen molar-refractivity contribution in [2.24, 2.45) is 17.1 Å². The number of halogens is 1. The lowest BCUT2D eigenvalue weighted by molar-refractivity contribution is -0.148. The fraction of sp³-hybridized carbons (Fsp3) is 0.632. The normalized spacial score (nSPS) is 21.7. The molecule has 2 aliphatic rings. The monoisotopic (exact) mass is 334 g/mol. The molecule has 2 saturated heterocycles. The molecule has 1 aromatic carbocycles. The molecule has 0 aliphatic carbocycles. The Morgan fingerprint density at radius 1 is 1.21 bits per heavy atom. The number of likely N-dealkylation sites (tertiary alicyclic amines) is 1. The maximum atomic E-state index is 13.0. The standard InChI is InChI=1S/C19H27FN2O2/c20-17-3-1-15(2-4-17)13-16-5-9-22(10-6-16)18(23)19(14-21)7-11-24-12-8-19/h1-4,16H,5-14,21H2. The Balaban J connectivity index is 1.54. The molecule has 5 heteroatoms. The summed E-state index contributed by atoms with van der Waals surface area (Å²) in [6, 6.07) is 6.75. The first-order chi connectivity index (χ1) is 11.6. The van der Waals surface area contributed by atoms with Crippen LogP contribution in [0.3, 0.4) is 0 Å². The SMILES string of the molecule is NCC1(C(=O)N2CCC(Cc3ccc(F)cc3)CC2)CCOCC1. The fourth-order valence-electron chi connectivity index (χ4n) is 3.90. The van der Waals surface area contributed by atoms with Gasteiger partial charge in [0.1, 0.15) is 5.82 Å². The molecule has 2 N–H and O–H groups in total. The summed E-state index contributed by atoms with van der Waals surface area (Å²) >= 11 is 0. The zero-order valence-corrected chi connectivity index (χ0v) is 14.2. The lowest BCUT2D eigenvalue weighted by Crippen LogP contribution is -2.52. The van der Waals surface area contributed by atoms with Crippen molar-refractivity contribution in [2.45, 2.75) is 32.1 Å². The minimum atomic E-state index is -0.415. The number of benzene rings is 1. The van der Waals surface area contributed by atoms with Crippen LogP contribution in [-0.4, -0.2) is 43.7 Å². The van der Waals surface area contributed by atoms with Crippen molar-refractivity contribution >= 4 is 5.91 Å². The minimum Gasteiger partial charge on any atom is -0.381 e. The second kappa shape index (κ2) is 7.62. The lowest BCUT2D eigenvalue weighted by Gasteiger charge is -2.41. The second-order valence-corrected chi connectivity index (χ2v) is 7.16. The molecule has 3 rings (SSSR count). The molecule has 2 fully saturated rings. The molecule has 0 saturated carbocycles. The quantitative estimate of drug-likeness (QED) is 0.920. The molecule has 1 amide bonds. The van der Waals surface area contributed by atoms with Gasteiger partial charge in [0.05, 0.1) is 5.41 Å². The number of nitrogens with two attached hydrogens (primary N) is 1. The largest absolute Gasteiger partial charge is 0.381 e. The highest BCUT2D eigenvalue weighted by Crippen LogP contribution is 2.33. The third-order valence-corrected chi connectivity index (χ3v) is 5.63. The summed E-state index contributed by atoms with van der Waals surface area (Å²) < 4.78 is 18.4. The number of rotatable bonds is 4. The first kappa shape index (κ1) is 17.4. The van der Waals surface area contributed by atoms with E-state index in [9.17, 15) is 9.18 Å². The molecule has 2 aliphatic heterocycles. The van der Waals surface area contributed by atoms with Crippen LogP contribution >= 0.6 is 0 Å². The van der Waals surface area contributed by atoms with Crippen LogP contribution in [0.4, 0.5) is 4.39 Å². The molecule has 0 radical (unpaired) electrons. The van der Waals surface area contributed by atoms with E-state index < -0.39 is 5.41 Å². The van der Waals surface area contributed by atoms with Gasteiger partial charge in [-0.1, -0.05) is 12.1 Å². The number of hydrogen-bond acceptors (Lipinski definition) is 3. The van der Waals surface area contributed by atoms with E-state index in [0.29, 0.717) is 25.7 Å². The van der Waals surface area contributed by atoms with Crippen molar-refractivity contribution in [3.63, 3.8) is 0 Å². The summed E-state index contributed by atoms with van der Waals surface area (Å²) in [5.74, 6) is 0.583. The molecule has 0 atom stereocenters. The lowest BCUT2D eigenvalue weighted by atomic mass is 9.78. The predicted octanol–water partition coefficient (Wildman–Crippen LogP) is 2.36. The average molecular weight is 334 g/mol. The van der Waals surface area contributed by atoms with E-state index in [1.807, 2.05) is 17.0 Å². The number of amides is 1. The molecule has 0 aromatic heterocycles. The van der Waals surface area contributed by atoms with Crippen LogP contribution in [0.2, 0.25) is 0 Å². The Labute approximate surface area is 143 Å². The van der Waals surface area contributed by atoms with E-state index in [-0.39, 0.29) is 11.7 Å². The van der Waals surface area contributed by atoms with Crippen molar-refractivity contribution < 1.29 is 13.9 Å². The summed E-state index contributed by atoms with van der Waals surface area (Å²) in [6.45, 7) is 3.26. The van der Waals surface area contributed by atoms with Gasteiger partial charge in [-0.3, -0.25) is 4.79 Å². The van der Waals surface area contributed by atoms with E-state index in [1.54, 1.807) is 0 Å². The highest BCUT2D eigenvalue weighted by Gasteiger charge is 2.42. The fourth-order valence-corrected chi connectivity index (χ4v) is 3.90. The molecule has 2 heterocycles. The first-order valence-electron chi connectivity index (χ1n) is 8.95. The highest BCUT2D eigenvalue weighted by atomic mass is 19.1. The molecule has 132 valence electrons. The van der Waals surface area contributed by atoms with Crippen LogP contribution in [-0.2, 0) is 16.0 Å². The van der Waals surface area contributed by atoms with Crippen LogP contribution in [0, 0.1) is 17.2 Å². The third-order valence-electron chi connectivity index (χ3n) is 5.63. The van der Waals surface area contributed by atoms with Crippen LogP contribution in [0.5, 0.6) is 0 Å². The smallest absolute Gasteiger partial charge is 0.230 e. The summed E-state index contributed by atoms with van der Waals surface area (Å²) in [6.07, 6.45) is 4.43. The molecule has 0 unspecified atom stereocenters. The van der Waals surface area contributed by atoms with E-state index in [2.05, 4.69) is 0 Å². The van der Waals surface area contributed by atoms with E-state index in [1.165, 1.54) is 17.7 Å². The van der Waals surface area contributed by atoms with Crippen LogP contribution < -0.4 is 5.73 Å². The van der Waals surface area contributed by atoms with Gasteiger partial charge in [-0.05, 0) is 55.7 Å². The number of carbonyl (C=O) groups is 1. The van der Waals surface area contributed by atoms with Crippen LogP contribution in [0.15, 0.2) is 24.3 Å². The number of ether oxygens (including phenoxy) is 1. The number of piperidine rings is 1. The Morgan fingerprint density at radius 3 is 2.42 bits per heavy atom. The van der Waals surface area contributed by atoms with Crippen molar-refractivity contribution in [1.29, 1.82) is 0 Å². The van der Waals surface area contributed by atoms with E-state index in [0.717, 1.165) is 45.2 Å². The molecule has 1 aromatic rings. The van der Waals surface area contributed by atoms with Gasteiger partial charge < -0.3 is 15.4 Å². The van der Waals surface area contributed by atoms with Crippen LogP contribution in [0.1, 0.15) is 31.2 Å². The van der Waals surface area contributed by atoms with Crippen LogP contribution in [0.25, 0.3) is 0 Å². The maximum absolute atomic E-state index is 13.0. The number of hydrogen-bond donors (Lipinski definition) is 1. The zero-order valence-electron chi connectivity index (χ0n) is 14.2. The summed E-state index contributed by atoms with van der Waals surface area (Å²) in [5, 5.41) is 0. The molecular weight excluding hydrogens is 307 g/mol. The number of nitrogens with zero attached hydrogens (tertiary/aromatic N) is 1. The van der Waals surface area contributed by atoms with Gasteiger partial charge in [0.15, 0.2) is 0 Å². The average Bonchev–Trinajstić information content (AvgIpc) is 2.64. The summed E-state index contributed by atoms with van der Waals surface area (Å²) in [7, 11) is 0. The second-order valence-electron chi connectivity index (χ2n) is 7.16. The topological polar surface area (TPSA) is 55.6 Å². The van der Waals surface area contributed by atoms with Crippen molar-refractivity contribution in [3.05, 3.63) is 35.6 Å².